The molecule has 29 heavy (non-hydrogen) atoms. The molecule has 1 N–H and O–H groups in total. The fourth-order valence-electron chi connectivity index (χ4n) is 3.21. The Morgan fingerprint density at radius 2 is 1.97 bits per heavy atom. The lowest BCUT2D eigenvalue weighted by atomic mass is 10.2. The lowest BCUT2D eigenvalue weighted by molar-refractivity contribution is 0.0944. The van der Waals surface area contributed by atoms with Crippen molar-refractivity contribution in [3.8, 4) is 17.3 Å². The number of oxazole rings is 1. The van der Waals surface area contributed by atoms with Crippen molar-refractivity contribution in [2.45, 2.75) is 38.1 Å². The van der Waals surface area contributed by atoms with Crippen LogP contribution in [0.4, 0.5) is 0 Å². The fraction of sp³-hybridized carbons (Fsp3) is 0.348. The molecule has 0 radical (unpaired) electrons. The molecule has 0 bridgehead atoms. The molecular formula is C23H23N3O3. The van der Waals surface area contributed by atoms with Gasteiger partial charge in [-0.25, -0.2) is 9.97 Å². The molecule has 6 nitrogen and oxygen atoms in total. The van der Waals surface area contributed by atoms with E-state index in [1.807, 2.05) is 42.5 Å². The Labute approximate surface area is 169 Å². The number of nitrogens with one attached hydrogen (secondary N) is 1. The number of carbonyl (C=O) groups excluding carboxylic acids is 1. The van der Waals surface area contributed by atoms with Crippen molar-refractivity contribution < 1.29 is 13.9 Å². The molecule has 6 heteroatoms. The normalized spacial score (nSPS) is 15.9. The number of nitrogens with zero attached hydrogens (tertiary/aromatic N) is 2. The fourth-order valence-corrected chi connectivity index (χ4v) is 3.21. The Kier molecular flexibility index (Phi) is 4.76. The third-order valence-corrected chi connectivity index (χ3v) is 5.25. The maximum absolute atomic E-state index is 12.8. The van der Waals surface area contributed by atoms with Gasteiger partial charge in [0.05, 0.1) is 6.61 Å². The molecule has 0 spiro atoms. The topological polar surface area (TPSA) is 77.2 Å². The Bertz CT molecular complexity index is 1010. The summed E-state index contributed by atoms with van der Waals surface area (Å²) in [6, 6.07) is 13.4. The van der Waals surface area contributed by atoms with Gasteiger partial charge in [0.2, 0.25) is 11.8 Å². The van der Waals surface area contributed by atoms with Crippen molar-refractivity contribution in [2.24, 2.45) is 5.92 Å². The van der Waals surface area contributed by atoms with Crippen molar-refractivity contribution in [3.05, 3.63) is 65.7 Å². The smallest absolute Gasteiger partial charge is 0.273 e. The molecule has 148 valence electrons. The summed E-state index contributed by atoms with van der Waals surface area (Å²) in [5.41, 5.74) is 2.21. The van der Waals surface area contributed by atoms with Crippen LogP contribution in [-0.4, -0.2) is 22.5 Å². The second-order valence-corrected chi connectivity index (χ2v) is 7.81. The Morgan fingerprint density at radius 3 is 2.72 bits per heavy atom. The molecule has 2 aliphatic carbocycles. The summed E-state index contributed by atoms with van der Waals surface area (Å²) in [5.74, 6) is 2.56. The number of benzene rings is 1. The number of carbonyl (C=O) groups is 1. The van der Waals surface area contributed by atoms with Gasteiger partial charge in [-0.05, 0) is 55.4 Å². The van der Waals surface area contributed by atoms with Gasteiger partial charge in [-0.15, -0.1) is 0 Å². The van der Waals surface area contributed by atoms with Gasteiger partial charge in [0.1, 0.15) is 5.76 Å². The first-order valence-electron chi connectivity index (χ1n) is 10.2. The highest BCUT2D eigenvalue weighted by Gasteiger charge is 2.34. The van der Waals surface area contributed by atoms with Crippen LogP contribution in [0.3, 0.4) is 0 Å². The van der Waals surface area contributed by atoms with Crippen LogP contribution in [0.25, 0.3) is 11.5 Å². The first kappa shape index (κ1) is 17.9. The molecule has 2 saturated carbocycles. The van der Waals surface area contributed by atoms with Crippen LogP contribution in [0.1, 0.15) is 53.4 Å². The summed E-state index contributed by atoms with van der Waals surface area (Å²) in [6.45, 7) is 1.10. The molecule has 1 amide bonds. The van der Waals surface area contributed by atoms with Crippen molar-refractivity contribution in [3.63, 3.8) is 0 Å². The molecular weight excluding hydrogens is 366 g/mol. The van der Waals surface area contributed by atoms with E-state index >= 15 is 0 Å². The van der Waals surface area contributed by atoms with Crippen LogP contribution < -0.4 is 10.1 Å². The van der Waals surface area contributed by atoms with Crippen LogP contribution in [-0.2, 0) is 6.54 Å². The Balaban J connectivity index is 1.28. The number of aromatic nitrogens is 2. The summed E-state index contributed by atoms with van der Waals surface area (Å²) in [7, 11) is 0. The number of amides is 1. The van der Waals surface area contributed by atoms with Crippen molar-refractivity contribution in [2.75, 3.05) is 6.61 Å². The molecule has 0 atom stereocenters. The number of hydrogen-bond donors (Lipinski definition) is 1. The van der Waals surface area contributed by atoms with E-state index in [2.05, 4.69) is 15.3 Å². The standard InChI is InChI=1S/C23H23N3O3/c27-22(25-13-16-10-11-24-19(12-16)28-14-15-6-7-15)20-21(17-8-9-17)29-23(26-20)18-4-2-1-3-5-18/h1-5,10-12,15,17H,6-9,13-14H2,(H,25,27). The third kappa shape index (κ3) is 4.31. The van der Waals surface area contributed by atoms with E-state index in [0.717, 1.165) is 30.6 Å². The number of rotatable bonds is 8. The molecule has 0 aliphatic heterocycles. The van der Waals surface area contributed by atoms with E-state index in [1.54, 1.807) is 6.20 Å². The second kappa shape index (κ2) is 7.70. The molecule has 5 rings (SSSR count). The highest BCUT2D eigenvalue weighted by Crippen LogP contribution is 2.43. The summed E-state index contributed by atoms with van der Waals surface area (Å²) in [6.07, 6.45) is 6.26. The summed E-state index contributed by atoms with van der Waals surface area (Å²) in [4.78, 5) is 21.6. The van der Waals surface area contributed by atoms with Gasteiger partial charge >= 0.3 is 0 Å². The SMILES string of the molecule is O=C(NCc1ccnc(OCC2CC2)c1)c1nc(-c2ccccc2)oc1C1CC1. The number of ether oxygens (including phenoxy) is 1. The van der Waals surface area contributed by atoms with Crippen LogP contribution in [0, 0.1) is 5.92 Å². The lowest BCUT2D eigenvalue weighted by Gasteiger charge is -2.07. The highest BCUT2D eigenvalue weighted by molar-refractivity contribution is 5.94. The first-order valence-corrected chi connectivity index (χ1v) is 10.2. The van der Waals surface area contributed by atoms with Crippen molar-refractivity contribution in [1.29, 1.82) is 0 Å². The molecule has 2 fully saturated rings. The van der Waals surface area contributed by atoms with Crippen LogP contribution in [0.15, 0.2) is 53.1 Å². The van der Waals surface area contributed by atoms with Gasteiger partial charge in [0.25, 0.3) is 5.91 Å². The minimum Gasteiger partial charge on any atom is -0.477 e. The minimum absolute atomic E-state index is 0.213. The maximum atomic E-state index is 12.8. The van der Waals surface area contributed by atoms with Crippen LogP contribution in [0.5, 0.6) is 5.88 Å². The van der Waals surface area contributed by atoms with Gasteiger partial charge < -0.3 is 14.5 Å². The average Bonchev–Trinajstić information content (AvgIpc) is 3.70. The Hall–Kier alpha value is -3.15. The maximum Gasteiger partial charge on any atom is 0.273 e. The van der Waals surface area contributed by atoms with Gasteiger partial charge in [0, 0.05) is 30.3 Å². The molecule has 2 aliphatic rings. The summed E-state index contributed by atoms with van der Waals surface area (Å²) in [5, 5.41) is 2.96. The molecule has 2 heterocycles. The predicted molar refractivity (Wildman–Crippen MR) is 108 cm³/mol. The van der Waals surface area contributed by atoms with Crippen LogP contribution >= 0.6 is 0 Å². The zero-order valence-electron chi connectivity index (χ0n) is 16.1. The van der Waals surface area contributed by atoms with Gasteiger partial charge in [-0.1, -0.05) is 18.2 Å². The zero-order valence-corrected chi connectivity index (χ0v) is 16.1. The Morgan fingerprint density at radius 1 is 1.14 bits per heavy atom. The highest BCUT2D eigenvalue weighted by atomic mass is 16.5. The van der Waals surface area contributed by atoms with E-state index in [-0.39, 0.29) is 5.91 Å². The van der Waals surface area contributed by atoms with E-state index in [0.29, 0.717) is 41.6 Å². The molecule has 0 saturated heterocycles. The lowest BCUT2D eigenvalue weighted by Crippen LogP contribution is -2.24. The quantitative estimate of drug-likeness (QED) is 0.620. The van der Waals surface area contributed by atoms with E-state index in [1.165, 1.54) is 12.8 Å². The van der Waals surface area contributed by atoms with Gasteiger partial charge in [-0.2, -0.15) is 0 Å². The second-order valence-electron chi connectivity index (χ2n) is 7.81. The van der Waals surface area contributed by atoms with Gasteiger partial charge in [0.15, 0.2) is 5.69 Å². The monoisotopic (exact) mass is 389 g/mol. The van der Waals surface area contributed by atoms with E-state index in [9.17, 15) is 4.79 Å². The molecule has 1 aromatic carbocycles. The largest absolute Gasteiger partial charge is 0.477 e. The summed E-state index contributed by atoms with van der Waals surface area (Å²) < 4.78 is 11.7. The predicted octanol–water partition coefficient (Wildman–Crippen LogP) is 4.33. The zero-order chi connectivity index (χ0) is 19.6. The third-order valence-electron chi connectivity index (χ3n) is 5.25. The molecule has 2 aromatic heterocycles. The molecule has 3 aromatic rings. The van der Waals surface area contributed by atoms with Crippen molar-refractivity contribution >= 4 is 5.91 Å². The molecule has 0 unspecified atom stereocenters. The van der Waals surface area contributed by atoms with Crippen molar-refractivity contribution in [1.82, 2.24) is 15.3 Å². The van der Waals surface area contributed by atoms with E-state index in [4.69, 9.17) is 9.15 Å². The average molecular weight is 389 g/mol. The first-order chi connectivity index (χ1) is 14.3. The van der Waals surface area contributed by atoms with Gasteiger partial charge in [-0.3, -0.25) is 4.79 Å². The van der Waals surface area contributed by atoms with Crippen LogP contribution in [0.2, 0.25) is 0 Å². The minimum atomic E-state index is -0.213. The number of hydrogen-bond acceptors (Lipinski definition) is 5. The summed E-state index contributed by atoms with van der Waals surface area (Å²) >= 11 is 0. The van der Waals surface area contributed by atoms with E-state index < -0.39 is 0 Å². The number of pyridine rings is 1.